The Balaban J connectivity index is 1.47. The van der Waals surface area contributed by atoms with Crippen molar-refractivity contribution in [3.8, 4) is 5.75 Å². The standard InChI is InChI=1S/C24H32ClN3O3/c1-29-20-7-5-19(6-8-20)24(28-11-15-31-16-12-28)18-26-17-21-22(25)3-2-4-23(21)27-9-13-30-14-10-27/h2-8,24,26H,9-18H2,1H3. The maximum absolute atomic E-state index is 6.62. The summed E-state index contributed by atoms with van der Waals surface area (Å²) in [5.74, 6) is 0.878. The highest BCUT2D eigenvalue weighted by Gasteiger charge is 2.23. The number of halogens is 1. The fourth-order valence-corrected chi connectivity index (χ4v) is 4.57. The van der Waals surface area contributed by atoms with Crippen LogP contribution in [0.2, 0.25) is 5.02 Å². The zero-order valence-corrected chi connectivity index (χ0v) is 18.9. The van der Waals surface area contributed by atoms with Crippen molar-refractivity contribution in [2.75, 3.05) is 71.2 Å². The molecule has 2 aromatic rings. The molecule has 2 aliphatic heterocycles. The largest absolute Gasteiger partial charge is 0.497 e. The summed E-state index contributed by atoms with van der Waals surface area (Å²) in [5, 5.41) is 4.50. The molecule has 4 rings (SSSR count). The maximum Gasteiger partial charge on any atom is 0.118 e. The number of rotatable bonds is 8. The Morgan fingerprint density at radius 1 is 0.968 bits per heavy atom. The molecule has 6 nitrogen and oxygen atoms in total. The van der Waals surface area contributed by atoms with Crippen molar-refractivity contribution < 1.29 is 14.2 Å². The lowest BCUT2D eigenvalue weighted by Crippen LogP contribution is -2.43. The van der Waals surface area contributed by atoms with Crippen LogP contribution in [0.5, 0.6) is 5.75 Å². The van der Waals surface area contributed by atoms with Crippen LogP contribution in [0, 0.1) is 0 Å². The molecule has 1 N–H and O–H groups in total. The summed E-state index contributed by atoms with van der Waals surface area (Å²) in [6.07, 6.45) is 0. The molecule has 0 bridgehead atoms. The van der Waals surface area contributed by atoms with Gasteiger partial charge < -0.3 is 24.4 Å². The number of hydrogen-bond donors (Lipinski definition) is 1. The van der Waals surface area contributed by atoms with E-state index in [-0.39, 0.29) is 6.04 Å². The Labute approximate surface area is 190 Å². The van der Waals surface area contributed by atoms with E-state index in [4.69, 9.17) is 25.8 Å². The molecule has 0 aliphatic carbocycles. The monoisotopic (exact) mass is 445 g/mol. The van der Waals surface area contributed by atoms with E-state index in [9.17, 15) is 0 Å². The SMILES string of the molecule is COc1ccc(C(CNCc2c(Cl)cccc2N2CCOCC2)N2CCOCC2)cc1. The van der Waals surface area contributed by atoms with Gasteiger partial charge in [-0.3, -0.25) is 4.90 Å². The highest BCUT2D eigenvalue weighted by atomic mass is 35.5. The fourth-order valence-electron chi connectivity index (χ4n) is 4.33. The number of nitrogens with zero attached hydrogens (tertiary/aromatic N) is 2. The first-order valence-electron chi connectivity index (χ1n) is 11.0. The van der Waals surface area contributed by atoms with Crippen LogP contribution >= 0.6 is 11.6 Å². The Hall–Kier alpha value is -1.83. The van der Waals surface area contributed by atoms with Crippen molar-refractivity contribution in [2.45, 2.75) is 12.6 Å². The summed E-state index contributed by atoms with van der Waals surface area (Å²) >= 11 is 6.62. The number of morpholine rings is 2. The van der Waals surface area contributed by atoms with Gasteiger partial charge in [0.1, 0.15) is 5.75 Å². The number of methoxy groups -OCH3 is 1. The van der Waals surface area contributed by atoms with E-state index >= 15 is 0 Å². The first-order chi connectivity index (χ1) is 15.3. The molecule has 31 heavy (non-hydrogen) atoms. The van der Waals surface area contributed by atoms with Gasteiger partial charge in [-0.05, 0) is 29.8 Å². The van der Waals surface area contributed by atoms with Crippen LogP contribution in [0.1, 0.15) is 17.2 Å². The van der Waals surface area contributed by atoms with Crippen molar-refractivity contribution in [3.63, 3.8) is 0 Å². The van der Waals surface area contributed by atoms with Gasteiger partial charge in [0.05, 0.1) is 33.5 Å². The van der Waals surface area contributed by atoms with E-state index in [1.165, 1.54) is 11.3 Å². The molecule has 7 heteroatoms. The average molecular weight is 446 g/mol. The van der Waals surface area contributed by atoms with Gasteiger partial charge in [-0.15, -0.1) is 0 Å². The Morgan fingerprint density at radius 2 is 1.65 bits per heavy atom. The summed E-state index contributed by atoms with van der Waals surface area (Å²) in [6.45, 7) is 8.30. The molecule has 168 valence electrons. The predicted molar refractivity (Wildman–Crippen MR) is 124 cm³/mol. The van der Waals surface area contributed by atoms with Gasteiger partial charge in [-0.2, -0.15) is 0 Å². The van der Waals surface area contributed by atoms with Crippen LogP contribution in [-0.2, 0) is 16.0 Å². The van der Waals surface area contributed by atoms with E-state index in [1.807, 2.05) is 24.3 Å². The predicted octanol–water partition coefficient (Wildman–Crippen LogP) is 3.35. The average Bonchev–Trinajstić information content (AvgIpc) is 2.84. The van der Waals surface area contributed by atoms with Gasteiger partial charge in [-0.25, -0.2) is 0 Å². The molecule has 2 aliphatic rings. The molecule has 2 fully saturated rings. The molecule has 1 unspecified atom stereocenters. The second kappa shape index (κ2) is 11.2. The molecule has 0 amide bonds. The van der Waals surface area contributed by atoms with Crippen LogP contribution in [0.4, 0.5) is 5.69 Å². The van der Waals surface area contributed by atoms with E-state index < -0.39 is 0 Å². The Kier molecular flexibility index (Phi) is 8.05. The first-order valence-corrected chi connectivity index (χ1v) is 11.4. The highest BCUT2D eigenvalue weighted by molar-refractivity contribution is 6.31. The van der Waals surface area contributed by atoms with Crippen LogP contribution in [0.25, 0.3) is 0 Å². The van der Waals surface area contributed by atoms with Gasteiger partial charge in [0, 0.05) is 61.6 Å². The second-order valence-electron chi connectivity index (χ2n) is 7.91. The lowest BCUT2D eigenvalue weighted by Gasteiger charge is -2.35. The van der Waals surface area contributed by atoms with Gasteiger partial charge in [0.25, 0.3) is 0 Å². The number of nitrogens with one attached hydrogen (secondary N) is 1. The van der Waals surface area contributed by atoms with Crippen LogP contribution < -0.4 is 15.0 Å². The maximum atomic E-state index is 6.62. The minimum Gasteiger partial charge on any atom is -0.497 e. The summed E-state index contributed by atoms with van der Waals surface area (Å²) in [6, 6.07) is 14.8. The molecule has 2 aromatic carbocycles. The van der Waals surface area contributed by atoms with Gasteiger partial charge in [0.2, 0.25) is 0 Å². The van der Waals surface area contributed by atoms with Gasteiger partial charge in [-0.1, -0.05) is 29.8 Å². The minimum atomic E-state index is 0.268. The smallest absolute Gasteiger partial charge is 0.118 e. The Morgan fingerprint density at radius 3 is 2.32 bits per heavy atom. The summed E-state index contributed by atoms with van der Waals surface area (Å²) in [4.78, 5) is 4.86. The van der Waals surface area contributed by atoms with E-state index in [2.05, 4.69) is 33.3 Å². The quantitative estimate of drug-likeness (QED) is 0.672. The van der Waals surface area contributed by atoms with Crippen LogP contribution in [-0.4, -0.2) is 71.2 Å². The van der Waals surface area contributed by atoms with Crippen molar-refractivity contribution in [3.05, 3.63) is 58.6 Å². The Bertz CT molecular complexity index is 821. The third kappa shape index (κ3) is 5.70. The third-order valence-corrected chi connectivity index (χ3v) is 6.43. The van der Waals surface area contributed by atoms with Gasteiger partial charge >= 0.3 is 0 Å². The molecule has 2 saturated heterocycles. The van der Waals surface area contributed by atoms with E-state index in [0.717, 1.165) is 82.0 Å². The molecule has 0 aromatic heterocycles. The zero-order chi connectivity index (χ0) is 21.5. The fraction of sp³-hybridized carbons (Fsp3) is 0.500. The number of benzene rings is 2. The van der Waals surface area contributed by atoms with E-state index in [1.54, 1.807) is 7.11 Å². The van der Waals surface area contributed by atoms with Crippen molar-refractivity contribution in [1.82, 2.24) is 10.2 Å². The van der Waals surface area contributed by atoms with Crippen molar-refractivity contribution in [2.24, 2.45) is 0 Å². The van der Waals surface area contributed by atoms with Gasteiger partial charge in [0.15, 0.2) is 0 Å². The lowest BCUT2D eigenvalue weighted by molar-refractivity contribution is 0.0161. The van der Waals surface area contributed by atoms with Crippen molar-refractivity contribution >= 4 is 17.3 Å². The molecule has 1 atom stereocenters. The van der Waals surface area contributed by atoms with Crippen LogP contribution in [0.15, 0.2) is 42.5 Å². The number of ether oxygens (including phenoxy) is 3. The first kappa shape index (κ1) is 22.4. The molecular formula is C24H32ClN3O3. The highest BCUT2D eigenvalue weighted by Crippen LogP contribution is 2.29. The summed E-state index contributed by atoms with van der Waals surface area (Å²) < 4.78 is 16.4. The molecule has 0 spiro atoms. The number of anilines is 1. The summed E-state index contributed by atoms with van der Waals surface area (Å²) in [7, 11) is 1.70. The zero-order valence-electron chi connectivity index (χ0n) is 18.2. The second-order valence-corrected chi connectivity index (χ2v) is 8.31. The molecule has 0 saturated carbocycles. The minimum absolute atomic E-state index is 0.268. The molecule has 0 radical (unpaired) electrons. The van der Waals surface area contributed by atoms with E-state index in [0.29, 0.717) is 0 Å². The number of hydrogen-bond acceptors (Lipinski definition) is 6. The third-order valence-electron chi connectivity index (χ3n) is 6.07. The summed E-state index contributed by atoms with van der Waals surface area (Å²) in [5.41, 5.74) is 3.64. The van der Waals surface area contributed by atoms with Crippen molar-refractivity contribution in [1.29, 1.82) is 0 Å². The topological polar surface area (TPSA) is 46.2 Å². The molecular weight excluding hydrogens is 414 g/mol. The molecule has 2 heterocycles. The normalized spacial score (nSPS) is 18.7. The lowest BCUT2D eigenvalue weighted by atomic mass is 10.0. The van der Waals surface area contributed by atoms with Crippen LogP contribution in [0.3, 0.4) is 0 Å².